The second-order valence-corrected chi connectivity index (χ2v) is 7.32. The van der Waals surface area contributed by atoms with E-state index in [1.54, 1.807) is 0 Å². The quantitative estimate of drug-likeness (QED) is 0.870. The lowest BCUT2D eigenvalue weighted by Gasteiger charge is -2.42. The van der Waals surface area contributed by atoms with Crippen LogP contribution in [0.1, 0.15) is 43.7 Å². The highest BCUT2D eigenvalue weighted by Gasteiger charge is 2.38. The Kier molecular flexibility index (Phi) is 4.71. The number of hydrogen-bond donors (Lipinski definition) is 1. The van der Waals surface area contributed by atoms with Crippen LogP contribution in [0.5, 0.6) is 0 Å². The van der Waals surface area contributed by atoms with Gasteiger partial charge in [-0.25, -0.2) is 0 Å². The maximum absolute atomic E-state index is 6.12. The van der Waals surface area contributed by atoms with Gasteiger partial charge in [0, 0.05) is 23.1 Å². The zero-order valence-electron chi connectivity index (χ0n) is 11.7. The van der Waals surface area contributed by atoms with Gasteiger partial charge in [-0.3, -0.25) is 4.90 Å². The normalized spacial score (nSPS) is 28.4. The van der Waals surface area contributed by atoms with Crippen molar-refractivity contribution in [2.45, 2.75) is 44.2 Å². The van der Waals surface area contributed by atoms with Gasteiger partial charge in [-0.1, -0.05) is 24.1 Å². The van der Waals surface area contributed by atoms with E-state index in [1.165, 1.54) is 44.2 Å². The maximum atomic E-state index is 6.12. The second kappa shape index (κ2) is 6.35. The summed E-state index contributed by atoms with van der Waals surface area (Å²) < 4.78 is 0.968. The van der Waals surface area contributed by atoms with Crippen LogP contribution in [0.15, 0.2) is 22.7 Å². The molecule has 110 valence electrons. The molecule has 2 nitrogen and oxygen atoms in total. The Balaban J connectivity index is 1.86. The Morgan fingerprint density at radius 2 is 2.10 bits per heavy atom. The molecule has 1 saturated heterocycles. The van der Waals surface area contributed by atoms with Crippen LogP contribution in [0.4, 0.5) is 0 Å². The van der Waals surface area contributed by atoms with E-state index in [9.17, 15) is 0 Å². The van der Waals surface area contributed by atoms with E-state index in [0.717, 1.165) is 21.5 Å². The van der Waals surface area contributed by atoms with Crippen molar-refractivity contribution in [2.24, 2.45) is 11.7 Å². The van der Waals surface area contributed by atoms with Crippen molar-refractivity contribution in [3.8, 4) is 0 Å². The lowest BCUT2D eigenvalue weighted by Crippen LogP contribution is -2.46. The van der Waals surface area contributed by atoms with Crippen LogP contribution in [0.2, 0.25) is 5.02 Å². The lowest BCUT2D eigenvalue weighted by molar-refractivity contribution is 0.0701. The third kappa shape index (κ3) is 2.78. The van der Waals surface area contributed by atoms with Crippen LogP contribution in [-0.2, 0) is 0 Å². The average Bonchev–Trinajstić information content (AvgIpc) is 2.93. The minimum absolute atomic E-state index is 0.328. The summed E-state index contributed by atoms with van der Waals surface area (Å²) in [5, 5.41) is 0.766. The van der Waals surface area contributed by atoms with Crippen molar-refractivity contribution in [3.05, 3.63) is 33.3 Å². The van der Waals surface area contributed by atoms with Crippen molar-refractivity contribution in [2.75, 3.05) is 13.1 Å². The monoisotopic (exact) mass is 356 g/mol. The van der Waals surface area contributed by atoms with Gasteiger partial charge in [-0.15, -0.1) is 0 Å². The third-order valence-electron chi connectivity index (χ3n) is 4.99. The van der Waals surface area contributed by atoms with Crippen LogP contribution < -0.4 is 5.73 Å². The van der Waals surface area contributed by atoms with Gasteiger partial charge >= 0.3 is 0 Å². The topological polar surface area (TPSA) is 29.3 Å². The molecule has 1 saturated carbocycles. The maximum Gasteiger partial charge on any atom is 0.0548 e. The summed E-state index contributed by atoms with van der Waals surface area (Å²) in [6.07, 6.45) is 6.85. The number of rotatable bonds is 3. The largest absolute Gasteiger partial charge is 0.329 e. The molecule has 2 N–H and O–H groups in total. The van der Waals surface area contributed by atoms with Gasteiger partial charge in [0.25, 0.3) is 0 Å². The zero-order valence-corrected chi connectivity index (χ0v) is 14.0. The van der Waals surface area contributed by atoms with Gasteiger partial charge in [0.15, 0.2) is 0 Å². The Bertz CT molecular complexity index is 480. The van der Waals surface area contributed by atoms with E-state index < -0.39 is 0 Å². The molecule has 3 rings (SSSR count). The van der Waals surface area contributed by atoms with E-state index in [2.05, 4.69) is 33.0 Å². The molecule has 1 aromatic rings. The first-order valence-electron chi connectivity index (χ1n) is 7.61. The molecule has 0 bridgehead atoms. The minimum Gasteiger partial charge on any atom is -0.329 e. The lowest BCUT2D eigenvalue weighted by atomic mass is 9.89. The molecule has 4 heteroatoms. The van der Waals surface area contributed by atoms with E-state index in [1.807, 2.05) is 6.07 Å². The van der Waals surface area contributed by atoms with Crippen molar-refractivity contribution >= 4 is 27.5 Å². The Labute approximate surface area is 134 Å². The van der Waals surface area contributed by atoms with Gasteiger partial charge in [0.2, 0.25) is 0 Å². The Morgan fingerprint density at radius 3 is 2.85 bits per heavy atom. The first-order chi connectivity index (χ1) is 9.70. The SMILES string of the molecule is NCC(c1ccc(Cl)c(Br)c1)N1CCCC2CCCC21. The minimum atomic E-state index is 0.328. The van der Waals surface area contributed by atoms with Crippen LogP contribution in [0.25, 0.3) is 0 Å². The summed E-state index contributed by atoms with van der Waals surface area (Å²) in [6, 6.07) is 7.31. The van der Waals surface area contributed by atoms with Crippen molar-refractivity contribution < 1.29 is 0 Å². The van der Waals surface area contributed by atoms with E-state index in [-0.39, 0.29) is 0 Å². The fraction of sp³-hybridized carbons (Fsp3) is 0.625. The predicted molar refractivity (Wildman–Crippen MR) is 88.0 cm³/mol. The van der Waals surface area contributed by atoms with Gasteiger partial charge in [-0.05, 0) is 71.8 Å². The van der Waals surface area contributed by atoms with Crippen molar-refractivity contribution in [1.82, 2.24) is 4.90 Å². The number of nitrogens with zero attached hydrogens (tertiary/aromatic N) is 1. The number of nitrogens with two attached hydrogens (primary N) is 1. The standard InChI is InChI=1S/C16H22BrClN2/c17-13-9-12(6-7-14(13)18)16(10-19)20-8-2-4-11-3-1-5-15(11)20/h6-7,9,11,15-16H,1-5,8,10,19H2. The van der Waals surface area contributed by atoms with Crippen molar-refractivity contribution in [1.29, 1.82) is 0 Å². The first kappa shape index (κ1) is 14.8. The summed E-state index contributed by atoms with van der Waals surface area (Å²) in [5.41, 5.74) is 7.40. The molecule has 1 aliphatic heterocycles. The molecule has 0 aromatic heterocycles. The number of hydrogen-bond acceptors (Lipinski definition) is 2. The molecule has 0 radical (unpaired) electrons. The van der Waals surface area contributed by atoms with Gasteiger partial charge in [0.05, 0.1) is 5.02 Å². The molecule has 2 fully saturated rings. The zero-order chi connectivity index (χ0) is 14.1. The fourth-order valence-electron chi connectivity index (χ4n) is 4.06. The highest BCUT2D eigenvalue weighted by atomic mass is 79.9. The number of fused-ring (bicyclic) bond motifs is 1. The van der Waals surface area contributed by atoms with Crippen LogP contribution in [-0.4, -0.2) is 24.0 Å². The molecule has 3 unspecified atom stereocenters. The number of benzene rings is 1. The second-order valence-electron chi connectivity index (χ2n) is 6.06. The molecule has 0 spiro atoms. The number of piperidine rings is 1. The molecule has 1 heterocycles. The summed E-state index contributed by atoms with van der Waals surface area (Å²) in [7, 11) is 0. The summed E-state index contributed by atoms with van der Waals surface area (Å²) in [4.78, 5) is 2.66. The molecule has 20 heavy (non-hydrogen) atoms. The summed E-state index contributed by atoms with van der Waals surface area (Å²) in [5.74, 6) is 0.897. The molecular formula is C16H22BrClN2. The van der Waals surface area contributed by atoms with Crippen LogP contribution in [0.3, 0.4) is 0 Å². The first-order valence-corrected chi connectivity index (χ1v) is 8.78. The fourth-order valence-corrected chi connectivity index (χ4v) is 4.58. The molecule has 3 atom stereocenters. The van der Waals surface area contributed by atoms with Crippen LogP contribution in [0, 0.1) is 5.92 Å². The van der Waals surface area contributed by atoms with E-state index in [0.29, 0.717) is 12.6 Å². The third-order valence-corrected chi connectivity index (χ3v) is 6.20. The van der Waals surface area contributed by atoms with Gasteiger partial charge < -0.3 is 5.73 Å². The summed E-state index contributed by atoms with van der Waals surface area (Å²) in [6.45, 7) is 1.86. The highest BCUT2D eigenvalue weighted by molar-refractivity contribution is 9.10. The summed E-state index contributed by atoms with van der Waals surface area (Å²) >= 11 is 9.64. The van der Waals surface area contributed by atoms with Gasteiger partial charge in [0.1, 0.15) is 0 Å². The molecular weight excluding hydrogens is 336 g/mol. The van der Waals surface area contributed by atoms with E-state index >= 15 is 0 Å². The predicted octanol–water partition coefficient (Wildman–Crippen LogP) is 4.37. The molecule has 0 amide bonds. The Morgan fingerprint density at radius 1 is 1.30 bits per heavy atom. The van der Waals surface area contributed by atoms with Crippen molar-refractivity contribution in [3.63, 3.8) is 0 Å². The molecule has 2 aliphatic rings. The Hall–Kier alpha value is -0.0900. The van der Waals surface area contributed by atoms with Crippen LogP contribution >= 0.6 is 27.5 Å². The smallest absolute Gasteiger partial charge is 0.0548 e. The average molecular weight is 358 g/mol. The van der Waals surface area contributed by atoms with Gasteiger partial charge in [-0.2, -0.15) is 0 Å². The number of halogens is 2. The van der Waals surface area contributed by atoms with E-state index in [4.69, 9.17) is 17.3 Å². The highest BCUT2D eigenvalue weighted by Crippen LogP contribution is 2.41. The molecule has 1 aromatic carbocycles. The number of likely N-dealkylation sites (tertiary alicyclic amines) is 1. The molecule has 1 aliphatic carbocycles.